The van der Waals surface area contributed by atoms with Crippen molar-refractivity contribution in [3.63, 3.8) is 0 Å². The predicted molar refractivity (Wildman–Crippen MR) is 98.1 cm³/mol. The molecule has 0 saturated carbocycles. The van der Waals surface area contributed by atoms with E-state index in [2.05, 4.69) is 73.7 Å². The second kappa shape index (κ2) is 4.60. The third-order valence-corrected chi connectivity index (χ3v) is 4.79. The Bertz CT molecular complexity index is 1190. The second-order valence-electron chi connectivity index (χ2n) is 6.15. The molecule has 110 valence electrons. The minimum Gasteiger partial charge on any atom is -0.455 e. The summed E-state index contributed by atoms with van der Waals surface area (Å²) in [5.74, 6) is 0. The number of benzene rings is 4. The molecule has 5 rings (SSSR count). The van der Waals surface area contributed by atoms with Crippen molar-refractivity contribution in [3.8, 4) is 0 Å². The van der Waals surface area contributed by atoms with E-state index >= 15 is 0 Å². The molecule has 0 fully saturated rings. The summed E-state index contributed by atoms with van der Waals surface area (Å²) in [7, 11) is 0. The number of rotatable bonds is 1. The zero-order valence-corrected chi connectivity index (χ0v) is 13.0. The molecule has 0 bridgehead atoms. The van der Waals surface area contributed by atoms with E-state index in [4.69, 9.17) is 4.42 Å². The number of fused-ring (bicyclic) bond motifs is 6. The molecule has 0 aliphatic rings. The van der Waals surface area contributed by atoms with E-state index in [1.54, 1.807) is 0 Å². The van der Waals surface area contributed by atoms with E-state index in [-0.39, 0.29) is 0 Å². The van der Waals surface area contributed by atoms with Crippen LogP contribution >= 0.6 is 0 Å². The average Bonchev–Trinajstić information content (AvgIpc) is 2.98. The summed E-state index contributed by atoms with van der Waals surface area (Å²) in [6.45, 7) is 2.17. The Hall–Kier alpha value is -2.80. The van der Waals surface area contributed by atoms with Crippen LogP contribution in [0.15, 0.2) is 71.1 Å². The lowest BCUT2D eigenvalue weighted by Gasteiger charge is -2.02. The van der Waals surface area contributed by atoms with Gasteiger partial charge in [-0.25, -0.2) is 0 Å². The summed E-state index contributed by atoms with van der Waals surface area (Å²) in [6, 6.07) is 23.9. The zero-order chi connectivity index (χ0) is 15.4. The SMILES string of the molecule is CCc1ccc2c(c1)oc1c3cc4ccccc4cc3ccc21. The Labute approximate surface area is 134 Å². The fourth-order valence-electron chi connectivity index (χ4n) is 3.51. The minimum atomic E-state index is 0.986. The van der Waals surface area contributed by atoms with Gasteiger partial charge in [0.15, 0.2) is 0 Å². The summed E-state index contributed by atoms with van der Waals surface area (Å²) in [5, 5.41) is 7.34. The van der Waals surface area contributed by atoms with Crippen LogP contribution in [0.4, 0.5) is 0 Å². The number of hydrogen-bond acceptors (Lipinski definition) is 1. The van der Waals surface area contributed by atoms with Gasteiger partial charge in [-0.3, -0.25) is 0 Å². The van der Waals surface area contributed by atoms with Crippen LogP contribution in [0, 0.1) is 0 Å². The van der Waals surface area contributed by atoms with Gasteiger partial charge in [0.25, 0.3) is 0 Å². The molecule has 4 aromatic carbocycles. The maximum absolute atomic E-state index is 6.26. The van der Waals surface area contributed by atoms with Crippen LogP contribution in [0.25, 0.3) is 43.5 Å². The van der Waals surface area contributed by atoms with E-state index in [0.29, 0.717) is 0 Å². The molecular weight excluding hydrogens is 280 g/mol. The summed E-state index contributed by atoms with van der Waals surface area (Å²) in [5.41, 5.74) is 3.29. The van der Waals surface area contributed by atoms with Gasteiger partial charge >= 0.3 is 0 Å². The fraction of sp³-hybridized carbons (Fsp3) is 0.0909. The third-order valence-electron chi connectivity index (χ3n) is 4.79. The van der Waals surface area contributed by atoms with Crippen molar-refractivity contribution in [1.82, 2.24) is 0 Å². The Kier molecular flexibility index (Phi) is 2.54. The van der Waals surface area contributed by atoms with E-state index in [1.165, 1.54) is 37.9 Å². The van der Waals surface area contributed by atoms with Crippen molar-refractivity contribution in [2.75, 3.05) is 0 Å². The van der Waals surface area contributed by atoms with Crippen LogP contribution in [-0.2, 0) is 6.42 Å². The molecule has 0 radical (unpaired) electrons. The summed E-state index contributed by atoms with van der Waals surface area (Å²) < 4.78 is 6.26. The summed E-state index contributed by atoms with van der Waals surface area (Å²) >= 11 is 0. The summed E-state index contributed by atoms with van der Waals surface area (Å²) in [6.07, 6.45) is 1.03. The molecule has 0 saturated heterocycles. The van der Waals surface area contributed by atoms with Crippen LogP contribution < -0.4 is 0 Å². The normalized spacial score (nSPS) is 11.9. The van der Waals surface area contributed by atoms with E-state index in [1.807, 2.05) is 0 Å². The molecular formula is C22H16O. The quantitative estimate of drug-likeness (QED) is 0.324. The van der Waals surface area contributed by atoms with Crippen molar-refractivity contribution >= 4 is 43.5 Å². The molecule has 0 aliphatic heterocycles. The van der Waals surface area contributed by atoms with E-state index < -0.39 is 0 Å². The third kappa shape index (κ3) is 1.80. The highest BCUT2D eigenvalue weighted by atomic mass is 16.3. The van der Waals surface area contributed by atoms with Gasteiger partial charge in [-0.05, 0) is 52.4 Å². The highest BCUT2D eigenvalue weighted by Gasteiger charge is 2.11. The molecule has 1 aromatic heterocycles. The van der Waals surface area contributed by atoms with Crippen LogP contribution in [0.2, 0.25) is 0 Å². The molecule has 0 unspecified atom stereocenters. The number of aryl methyl sites for hydroxylation is 1. The first-order valence-corrected chi connectivity index (χ1v) is 8.10. The number of hydrogen-bond donors (Lipinski definition) is 0. The maximum Gasteiger partial charge on any atom is 0.143 e. The maximum atomic E-state index is 6.26. The molecule has 0 aliphatic carbocycles. The van der Waals surface area contributed by atoms with Crippen molar-refractivity contribution in [3.05, 3.63) is 72.3 Å². The standard InChI is InChI=1S/C22H16O/c1-2-14-7-9-18-19-10-8-17-12-15-5-3-4-6-16(15)13-20(17)22(19)23-21(18)11-14/h3-13H,2H2,1H3. The monoisotopic (exact) mass is 296 g/mol. The van der Waals surface area contributed by atoms with Crippen LogP contribution in [0.5, 0.6) is 0 Å². The molecule has 1 nitrogen and oxygen atoms in total. The molecule has 0 atom stereocenters. The molecule has 1 heteroatoms. The minimum absolute atomic E-state index is 0.986. The Morgan fingerprint density at radius 2 is 1.48 bits per heavy atom. The molecule has 0 N–H and O–H groups in total. The average molecular weight is 296 g/mol. The van der Waals surface area contributed by atoms with Gasteiger partial charge in [0.2, 0.25) is 0 Å². The lowest BCUT2D eigenvalue weighted by atomic mass is 10.0. The highest BCUT2D eigenvalue weighted by Crippen LogP contribution is 2.36. The largest absolute Gasteiger partial charge is 0.455 e. The topological polar surface area (TPSA) is 13.1 Å². The van der Waals surface area contributed by atoms with Gasteiger partial charge in [0, 0.05) is 16.2 Å². The van der Waals surface area contributed by atoms with Crippen molar-refractivity contribution in [2.45, 2.75) is 13.3 Å². The van der Waals surface area contributed by atoms with Crippen LogP contribution in [-0.4, -0.2) is 0 Å². The first kappa shape index (κ1) is 12.7. The molecule has 5 aromatic rings. The van der Waals surface area contributed by atoms with Gasteiger partial charge in [0.1, 0.15) is 11.2 Å². The second-order valence-corrected chi connectivity index (χ2v) is 6.15. The van der Waals surface area contributed by atoms with Crippen LogP contribution in [0.1, 0.15) is 12.5 Å². The van der Waals surface area contributed by atoms with Gasteiger partial charge in [-0.2, -0.15) is 0 Å². The Morgan fingerprint density at radius 3 is 2.30 bits per heavy atom. The van der Waals surface area contributed by atoms with Gasteiger partial charge in [-0.15, -0.1) is 0 Å². The summed E-state index contributed by atoms with van der Waals surface area (Å²) in [4.78, 5) is 0. The van der Waals surface area contributed by atoms with Gasteiger partial charge in [0.05, 0.1) is 0 Å². The Balaban J connectivity index is 1.95. The first-order chi connectivity index (χ1) is 11.3. The van der Waals surface area contributed by atoms with E-state index in [0.717, 1.165) is 17.6 Å². The predicted octanol–water partition coefficient (Wildman–Crippen LogP) is 6.45. The first-order valence-electron chi connectivity index (χ1n) is 8.10. The van der Waals surface area contributed by atoms with Crippen molar-refractivity contribution < 1.29 is 4.42 Å². The Morgan fingerprint density at radius 1 is 0.696 bits per heavy atom. The van der Waals surface area contributed by atoms with Crippen LogP contribution in [0.3, 0.4) is 0 Å². The van der Waals surface area contributed by atoms with Crippen molar-refractivity contribution in [1.29, 1.82) is 0 Å². The molecule has 0 spiro atoms. The molecule has 23 heavy (non-hydrogen) atoms. The highest BCUT2D eigenvalue weighted by molar-refractivity contribution is 6.17. The van der Waals surface area contributed by atoms with Crippen molar-refractivity contribution in [2.24, 2.45) is 0 Å². The number of furan rings is 1. The van der Waals surface area contributed by atoms with Gasteiger partial charge in [-0.1, -0.05) is 49.4 Å². The molecule has 1 heterocycles. The lowest BCUT2D eigenvalue weighted by molar-refractivity contribution is 0.672. The molecule has 0 amide bonds. The lowest BCUT2D eigenvalue weighted by Crippen LogP contribution is -1.77. The smallest absolute Gasteiger partial charge is 0.143 e. The fourth-order valence-corrected chi connectivity index (χ4v) is 3.51. The van der Waals surface area contributed by atoms with Gasteiger partial charge < -0.3 is 4.42 Å². The van der Waals surface area contributed by atoms with E-state index in [9.17, 15) is 0 Å². The zero-order valence-electron chi connectivity index (χ0n) is 13.0.